The summed E-state index contributed by atoms with van der Waals surface area (Å²) < 4.78 is 0. The van der Waals surface area contributed by atoms with E-state index in [1.807, 2.05) is 11.4 Å². The van der Waals surface area contributed by atoms with Gasteiger partial charge in [0.15, 0.2) is 0 Å². The summed E-state index contributed by atoms with van der Waals surface area (Å²) in [7, 11) is 0. The van der Waals surface area contributed by atoms with Crippen LogP contribution >= 0.6 is 11.3 Å². The van der Waals surface area contributed by atoms with E-state index in [9.17, 15) is 14.7 Å². The van der Waals surface area contributed by atoms with E-state index in [0.717, 1.165) is 25.7 Å². The average Bonchev–Trinajstić information content (AvgIpc) is 3.05. The van der Waals surface area contributed by atoms with Crippen LogP contribution in [0.2, 0.25) is 0 Å². The number of aliphatic hydroxyl groups is 1. The first kappa shape index (κ1) is 16.0. The van der Waals surface area contributed by atoms with Crippen molar-refractivity contribution in [2.75, 3.05) is 13.1 Å². The van der Waals surface area contributed by atoms with E-state index in [-0.39, 0.29) is 17.7 Å². The van der Waals surface area contributed by atoms with Gasteiger partial charge in [0.05, 0.1) is 4.88 Å². The van der Waals surface area contributed by atoms with Gasteiger partial charge < -0.3 is 15.7 Å². The number of aliphatic hydroxyl groups excluding tert-OH is 1. The van der Waals surface area contributed by atoms with E-state index >= 15 is 0 Å². The van der Waals surface area contributed by atoms with Crippen LogP contribution in [0.1, 0.15) is 41.8 Å². The third kappa shape index (κ3) is 4.82. The summed E-state index contributed by atoms with van der Waals surface area (Å²) in [5.41, 5.74) is 0. The molecule has 1 fully saturated rings. The van der Waals surface area contributed by atoms with Crippen LogP contribution in [0, 0.1) is 5.92 Å². The number of nitrogens with one attached hydrogen (secondary N) is 2. The first-order valence-electron chi connectivity index (χ1n) is 7.46. The standard InChI is InChI=1S/C15H22N2O3S/c18-13(11-5-2-1-3-6-11)15(20)17-9-8-16-14(19)12-7-4-10-21-12/h4,7,10-11,13,18H,1-3,5-6,8-9H2,(H,16,19)(H,17,20). The van der Waals surface area contributed by atoms with Crippen molar-refractivity contribution in [3.8, 4) is 0 Å². The Labute approximate surface area is 128 Å². The summed E-state index contributed by atoms with van der Waals surface area (Å²) in [5.74, 6) is -0.376. The van der Waals surface area contributed by atoms with Crippen molar-refractivity contribution in [2.24, 2.45) is 5.92 Å². The van der Waals surface area contributed by atoms with Crippen molar-refractivity contribution < 1.29 is 14.7 Å². The Morgan fingerprint density at radius 2 is 1.95 bits per heavy atom. The summed E-state index contributed by atoms with van der Waals surface area (Å²) in [6.45, 7) is 0.694. The SMILES string of the molecule is O=C(NCCNC(=O)C(O)C1CCCCC1)c1cccs1. The molecule has 1 unspecified atom stereocenters. The lowest BCUT2D eigenvalue weighted by atomic mass is 9.85. The molecule has 1 atom stereocenters. The Kier molecular flexibility index (Phi) is 6.20. The molecule has 0 radical (unpaired) electrons. The second kappa shape index (κ2) is 8.14. The highest BCUT2D eigenvalue weighted by molar-refractivity contribution is 7.12. The van der Waals surface area contributed by atoms with Crippen LogP contribution in [-0.2, 0) is 4.79 Å². The molecule has 2 amide bonds. The molecule has 0 aliphatic heterocycles. The van der Waals surface area contributed by atoms with Crippen LogP contribution in [0.4, 0.5) is 0 Å². The van der Waals surface area contributed by atoms with Gasteiger partial charge in [0.1, 0.15) is 6.10 Å². The zero-order chi connectivity index (χ0) is 15.1. The number of hydrogen-bond donors (Lipinski definition) is 3. The van der Waals surface area contributed by atoms with Crippen molar-refractivity contribution in [1.29, 1.82) is 0 Å². The van der Waals surface area contributed by atoms with Gasteiger partial charge in [0.25, 0.3) is 5.91 Å². The number of hydrogen-bond acceptors (Lipinski definition) is 4. The van der Waals surface area contributed by atoms with Crippen LogP contribution in [-0.4, -0.2) is 36.1 Å². The zero-order valence-electron chi connectivity index (χ0n) is 12.0. The van der Waals surface area contributed by atoms with E-state index in [2.05, 4.69) is 10.6 Å². The molecule has 0 saturated heterocycles. The van der Waals surface area contributed by atoms with Crippen LogP contribution in [0.3, 0.4) is 0 Å². The summed E-state index contributed by atoms with van der Waals surface area (Å²) in [6, 6.07) is 3.58. The maximum atomic E-state index is 11.8. The van der Waals surface area contributed by atoms with Gasteiger partial charge in [-0.1, -0.05) is 25.3 Å². The predicted molar refractivity (Wildman–Crippen MR) is 82.2 cm³/mol. The largest absolute Gasteiger partial charge is 0.383 e. The van der Waals surface area contributed by atoms with E-state index in [0.29, 0.717) is 18.0 Å². The van der Waals surface area contributed by atoms with Crippen LogP contribution in [0.5, 0.6) is 0 Å². The summed E-state index contributed by atoms with van der Waals surface area (Å²) in [5, 5.41) is 17.3. The molecule has 21 heavy (non-hydrogen) atoms. The third-order valence-corrected chi connectivity index (χ3v) is 4.69. The van der Waals surface area contributed by atoms with Crippen LogP contribution in [0.25, 0.3) is 0 Å². The number of carbonyl (C=O) groups is 2. The van der Waals surface area contributed by atoms with Crippen molar-refractivity contribution >= 4 is 23.2 Å². The van der Waals surface area contributed by atoms with E-state index < -0.39 is 6.10 Å². The molecular formula is C15H22N2O3S. The van der Waals surface area contributed by atoms with Gasteiger partial charge in [-0.2, -0.15) is 0 Å². The number of thiophene rings is 1. The van der Waals surface area contributed by atoms with Crippen LogP contribution in [0.15, 0.2) is 17.5 Å². The second-order valence-electron chi connectivity index (χ2n) is 5.37. The predicted octanol–water partition coefficient (Wildman–Crippen LogP) is 1.54. The highest BCUT2D eigenvalue weighted by Gasteiger charge is 2.27. The van der Waals surface area contributed by atoms with Gasteiger partial charge in [0.2, 0.25) is 5.91 Å². The number of amides is 2. The molecule has 5 nitrogen and oxygen atoms in total. The Bertz CT molecular complexity index is 455. The minimum absolute atomic E-state index is 0.0828. The average molecular weight is 310 g/mol. The molecular weight excluding hydrogens is 288 g/mol. The van der Waals surface area contributed by atoms with Gasteiger partial charge in [-0.15, -0.1) is 11.3 Å². The van der Waals surface area contributed by atoms with Gasteiger partial charge in [-0.05, 0) is 30.2 Å². The second-order valence-corrected chi connectivity index (χ2v) is 6.31. The van der Waals surface area contributed by atoms with Gasteiger partial charge in [-0.25, -0.2) is 0 Å². The highest BCUT2D eigenvalue weighted by Crippen LogP contribution is 2.26. The zero-order valence-corrected chi connectivity index (χ0v) is 12.8. The molecule has 116 valence electrons. The fourth-order valence-corrected chi connectivity index (χ4v) is 3.27. The molecule has 0 bridgehead atoms. The molecule has 0 spiro atoms. The highest BCUT2D eigenvalue weighted by atomic mass is 32.1. The Hall–Kier alpha value is -1.40. The topological polar surface area (TPSA) is 78.4 Å². The van der Waals surface area contributed by atoms with Crippen molar-refractivity contribution in [2.45, 2.75) is 38.2 Å². The molecule has 3 N–H and O–H groups in total. The maximum Gasteiger partial charge on any atom is 0.261 e. The normalized spacial score (nSPS) is 17.2. The van der Waals surface area contributed by atoms with E-state index in [1.54, 1.807) is 6.07 Å². The Morgan fingerprint density at radius 1 is 1.24 bits per heavy atom. The Morgan fingerprint density at radius 3 is 2.62 bits per heavy atom. The van der Waals surface area contributed by atoms with E-state index in [1.165, 1.54) is 17.8 Å². The molecule has 0 aromatic carbocycles. The lowest BCUT2D eigenvalue weighted by molar-refractivity contribution is -0.132. The molecule has 2 rings (SSSR count). The third-order valence-electron chi connectivity index (χ3n) is 3.82. The van der Waals surface area contributed by atoms with Crippen molar-refractivity contribution in [3.05, 3.63) is 22.4 Å². The fourth-order valence-electron chi connectivity index (χ4n) is 2.63. The Balaban J connectivity index is 1.63. The minimum atomic E-state index is -0.918. The van der Waals surface area contributed by atoms with Gasteiger partial charge in [0, 0.05) is 13.1 Å². The monoisotopic (exact) mass is 310 g/mol. The lowest BCUT2D eigenvalue weighted by Gasteiger charge is -2.25. The minimum Gasteiger partial charge on any atom is -0.383 e. The first-order valence-corrected chi connectivity index (χ1v) is 8.34. The van der Waals surface area contributed by atoms with Gasteiger partial charge >= 0.3 is 0 Å². The molecule has 1 aromatic heterocycles. The lowest BCUT2D eigenvalue weighted by Crippen LogP contribution is -2.43. The molecule has 6 heteroatoms. The van der Waals surface area contributed by atoms with E-state index in [4.69, 9.17) is 0 Å². The first-order chi connectivity index (χ1) is 10.2. The summed E-state index contributed by atoms with van der Waals surface area (Å²) >= 11 is 1.38. The molecule has 1 saturated carbocycles. The van der Waals surface area contributed by atoms with Crippen LogP contribution < -0.4 is 10.6 Å². The van der Waals surface area contributed by atoms with Crippen molar-refractivity contribution in [3.63, 3.8) is 0 Å². The van der Waals surface area contributed by atoms with Crippen molar-refractivity contribution in [1.82, 2.24) is 10.6 Å². The fraction of sp³-hybridized carbons (Fsp3) is 0.600. The molecule has 1 aliphatic carbocycles. The molecule has 1 heterocycles. The maximum absolute atomic E-state index is 11.8. The number of rotatable bonds is 6. The molecule has 1 aliphatic rings. The summed E-state index contributed by atoms with van der Waals surface area (Å²) in [6.07, 6.45) is 4.29. The quantitative estimate of drug-likeness (QED) is 0.697. The summed E-state index contributed by atoms with van der Waals surface area (Å²) in [4.78, 5) is 24.2. The smallest absolute Gasteiger partial charge is 0.261 e. The number of carbonyl (C=O) groups excluding carboxylic acids is 2. The molecule has 1 aromatic rings. The van der Waals surface area contributed by atoms with Gasteiger partial charge in [-0.3, -0.25) is 9.59 Å².